The van der Waals surface area contributed by atoms with Crippen LogP contribution in [-0.2, 0) is 19.2 Å². The number of nitrogens with two attached hydrogens (primary N) is 4. The van der Waals surface area contributed by atoms with Crippen molar-refractivity contribution in [2.75, 3.05) is 13.1 Å². The first-order valence-electron chi connectivity index (χ1n) is 9.45. The minimum Gasteiger partial charge on any atom is -0.480 e. The first-order valence-corrected chi connectivity index (χ1v) is 9.45. The number of aliphatic carboxylic acids is 3. The van der Waals surface area contributed by atoms with E-state index in [9.17, 15) is 19.2 Å². The number of carboxylic acids is 3. The quantitative estimate of drug-likeness (QED) is 0.140. The van der Waals surface area contributed by atoms with E-state index in [2.05, 4.69) is 5.32 Å². The van der Waals surface area contributed by atoms with Crippen LogP contribution in [0.25, 0.3) is 0 Å². The van der Waals surface area contributed by atoms with Crippen LogP contribution >= 0.6 is 0 Å². The van der Waals surface area contributed by atoms with Crippen molar-refractivity contribution < 1.29 is 34.5 Å². The molecule has 0 aliphatic heterocycles. The fourth-order valence-electron chi connectivity index (χ4n) is 2.06. The van der Waals surface area contributed by atoms with E-state index in [4.69, 9.17) is 38.3 Å². The number of carboxylic acid groups (broad SMARTS) is 3. The van der Waals surface area contributed by atoms with Gasteiger partial charge in [0.2, 0.25) is 5.91 Å². The standard InChI is InChI=1S/C11H21N3O5.C6H14N2O2/c12-6-2-1-3-8(11(18)19)14-9(15)5-4-7(13)10(16)17;7-4-2-1-3-5(8)6(9)10/h7-8H,1-6,12-13H2,(H,14,15)(H,16,17)(H,18,19);5H,1-4,7-8H2,(H,9,10). The smallest absolute Gasteiger partial charge is 0.326 e. The van der Waals surface area contributed by atoms with Crippen molar-refractivity contribution in [1.82, 2.24) is 5.32 Å². The lowest BCUT2D eigenvalue weighted by Crippen LogP contribution is -2.41. The molecule has 12 N–H and O–H groups in total. The van der Waals surface area contributed by atoms with Gasteiger partial charge in [-0.05, 0) is 51.6 Å². The highest BCUT2D eigenvalue weighted by Gasteiger charge is 2.20. The molecule has 0 rings (SSSR count). The molecule has 3 unspecified atom stereocenters. The van der Waals surface area contributed by atoms with Crippen LogP contribution < -0.4 is 28.3 Å². The minimum atomic E-state index is -1.19. The molecule has 3 atom stereocenters. The van der Waals surface area contributed by atoms with E-state index in [1.54, 1.807) is 0 Å². The van der Waals surface area contributed by atoms with Crippen LogP contribution in [0.2, 0.25) is 0 Å². The molecule has 12 nitrogen and oxygen atoms in total. The average Bonchev–Trinajstić information content (AvgIpc) is 2.65. The van der Waals surface area contributed by atoms with Crippen LogP contribution in [0, 0.1) is 0 Å². The number of carbonyl (C=O) groups excluding carboxylic acids is 1. The third-order valence-electron chi connectivity index (χ3n) is 3.87. The van der Waals surface area contributed by atoms with E-state index in [-0.39, 0.29) is 12.8 Å². The average molecular weight is 421 g/mol. The van der Waals surface area contributed by atoms with Gasteiger partial charge in [-0.25, -0.2) is 4.79 Å². The maximum atomic E-state index is 11.5. The molecule has 0 aromatic carbocycles. The van der Waals surface area contributed by atoms with Crippen molar-refractivity contribution in [2.24, 2.45) is 22.9 Å². The third-order valence-corrected chi connectivity index (χ3v) is 3.87. The lowest BCUT2D eigenvalue weighted by molar-refractivity contribution is -0.142. The number of amides is 1. The molecule has 12 heteroatoms. The Kier molecular flexibility index (Phi) is 17.7. The van der Waals surface area contributed by atoms with Crippen molar-refractivity contribution in [3.05, 3.63) is 0 Å². The number of rotatable bonds is 15. The summed E-state index contributed by atoms with van der Waals surface area (Å²) in [7, 11) is 0. The first kappa shape index (κ1) is 28.9. The summed E-state index contributed by atoms with van der Waals surface area (Å²) >= 11 is 0. The minimum absolute atomic E-state index is 0.0314. The largest absolute Gasteiger partial charge is 0.480 e. The van der Waals surface area contributed by atoms with Gasteiger partial charge in [0.1, 0.15) is 18.1 Å². The van der Waals surface area contributed by atoms with E-state index in [0.29, 0.717) is 38.8 Å². The van der Waals surface area contributed by atoms with Crippen LogP contribution in [-0.4, -0.2) is 70.3 Å². The van der Waals surface area contributed by atoms with E-state index in [1.165, 1.54) is 0 Å². The molecule has 0 heterocycles. The number of carbonyl (C=O) groups is 4. The maximum absolute atomic E-state index is 11.5. The highest BCUT2D eigenvalue weighted by Crippen LogP contribution is 2.03. The molecule has 1 amide bonds. The van der Waals surface area contributed by atoms with Crippen LogP contribution in [0.4, 0.5) is 0 Å². The second-order valence-corrected chi connectivity index (χ2v) is 6.46. The van der Waals surface area contributed by atoms with Crippen molar-refractivity contribution in [3.63, 3.8) is 0 Å². The molecule has 0 bridgehead atoms. The Morgan fingerprint density at radius 1 is 0.690 bits per heavy atom. The number of hydrogen-bond acceptors (Lipinski definition) is 8. The van der Waals surface area contributed by atoms with Crippen molar-refractivity contribution in [1.29, 1.82) is 0 Å². The fourth-order valence-corrected chi connectivity index (χ4v) is 2.06. The predicted molar refractivity (Wildman–Crippen MR) is 106 cm³/mol. The molecule has 29 heavy (non-hydrogen) atoms. The highest BCUT2D eigenvalue weighted by atomic mass is 16.4. The normalized spacial score (nSPS) is 13.4. The molecule has 0 aliphatic carbocycles. The first-order chi connectivity index (χ1) is 13.6. The van der Waals surface area contributed by atoms with Gasteiger partial charge in [-0.3, -0.25) is 14.4 Å². The Bertz CT molecular complexity index is 505. The summed E-state index contributed by atoms with van der Waals surface area (Å²) in [5.74, 6) is -3.76. The maximum Gasteiger partial charge on any atom is 0.326 e. The molecule has 170 valence electrons. The van der Waals surface area contributed by atoms with E-state index in [0.717, 1.165) is 12.8 Å². The zero-order valence-electron chi connectivity index (χ0n) is 16.6. The van der Waals surface area contributed by atoms with Gasteiger partial charge in [0.25, 0.3) is 0 Å². The molecule has 0 aromatic heterocycles. The van der Waals surface area contributed by atoms with E-state index >= 15 is 0 Å². The van der Waals surface area contributed by atoms with Gasteiger partial charge >= 0.3 is 17.9 Å². The zero-order valence-corrected chi connectivity index (χ0v) is 16.6. The van der Waals surface area contributed by atoms with Gasteiger partial charge in [-0.1, -0.05) is 6.42 Å². The van der Waals surface area contributed by atoms with Gasteiger partial charge in [0.15, 0.2) is 0 Å². The second kappa shape index (κ2) is 17.8. The monoisotopic (exact) mass is 421 g/mol. The molecule has 0 spiro atoms. The molecule has 0 saturated heterocycles. The van der Waals surface area contributed by atoms with Crippen LogP contribution in [0.3, 0.4) is 0 Å². The van der Waals surface area contributed by atoms with Gasteiger partial charge in [-0.2, -0.15) is 0 Å². The number of nitrogens with one attached hydrogen (secondary N) is 1. The van der Waals surface area contributed by atoms with E-state index in [1.807, 2.05) is 0 Å². The summed E-state index contributed by atoms with van der Waals surface area (Å²) in [4.78, 5) is 43.0. The molecule has 0 aromatic rings. The fraction of sp³-hybridized carbons (Fsp3) is 0.765. The third kappa shape index (κ3) is 17.5. The van der Waals surface area contributed by atoms with Crippen molar-refractivity contribution >= 4 is 23.8 Å². The Hall–Kier alpha value is -2.28. The van der Waals surface area contributed by atoms with Gasteiger partial charge in [0.05, 0.1) is 0 Å². The Morgan fingerprint density at radius 2 is 1.14 bits per heavy atom. The number of hydrogen-bond donors (Lipinski definition) is 8. The summed E-state index contributed by atoms with van der Waals surface area (Å²) in [6.07, 6.45) is 3.59. The molecule has 0 fully saturated rings. The summed E-state index contributed by atoms with van der Waals surface area (Å²) in [5.41, 5.74) is 21.0. The summed E-state index contributed by atoms with van der Waals surface area (Å²) in [6, 6.07) is -2.81. The Morgan fingerprint density at radius 3 is 1.55 bits per heavy atom. The summed E-state index contributed by atoms with van der Waals surface area (Å²) in [5, 5.41) is 28.1. The second-order valence-electron chi connectivity index (χ2n) is 6.46. The molecular formula is C17H35N5O7. The lowest BCUT2D eigenvalue weighted by Gasteiger charge is -2.14. The SMILES string of the molecule is NCCCCC(N)C(=O)O.NCCCCC(NC(=O)CCC(N)C(=O)O)C(=O)O. The molecule has 0 saturated carbocycles. The summed E-state index contributed by atoms with van der Waals surface area (Å²) in [6.45, 7) is 1.07. The summed E-state index contributed by atoms with van der Waals surface area (Å²) < 4.78 is 0. The molecule has 0 aliphatic rings. The number of unbranched alkanes of at least 4 members (excludes halogenated alkanes) is 2. The molecule has 0 radical (unpaired) electrons. The molecular weight excluding hydrogens is 386 g/mol. The van der Waals surface area contributed by atoms with Gasteiger partial charge < -0.3 is 43.6 Å². The van der Waals surface area contributed by atoms with E-state index < -0.39 is 41.9 Å². The zero-order chi connectivity index (χ0) is 22.8. The van der Waals surface area contributed by atoms with Crippen molar-refractivity contribution in [3.8, 4) is 0 Å². The van der Waals surface area contributed by atoms with Crippen LogP contribution in [0.15, 0.2) is 0 Å². The lowest BCUT2D eigenvalue weighted by atomic mass is 10.1. The van der Waals surface area contributed by atoms with Gasteiger partial charge in [0, 0.05) is 6.42 Å². The highest BCUT2D eigenvalue weighted by molar-refractivity contribution is 5.84. The van der Waals surface area contributed by atoms with Crippen molar-refractivity contribution in [2.45, 2.75) is 69.5 Å². The van der Waals surface area contributed by atoms with Crippen LogP contribution in [0.1, 0.15) is 51.4 Å². The predicted octanol–water partition coefficient (Wildman–Crippen LogP) is -1.60. The topological polar surface area (TPSA) is 245 Å². The Balaban J connectivity index is 0. The van der Waals surface area contributed by atoms with Gasteiger partial charge in [-0.15, -0.1) is 0 Å². The Labute approximate surface area is 170 Å². The van der Waals surface area contributed by atoms with Crippen LogP contribution in [0.5, 0.6) is 0 Å².